The maximum atomic E-state index is 12.7. The normalized spacial score (nSPS) is 17.8. The first-order valence-corrected chi connectivity index (χ1v) is 10.0. The number of imide groups is 1. The first-order valence-electron chi connectivity index (χ1n) is 10.0. The molecule has 2 aromatic rings. The minimum Gasteiger partial charge on any atom is -0.386 e. The number of hydrogen-bond donors (Lipinski definition) is 4. The van der Waals surface area contributed by atoms with Crippen LogP contribution in [0.3, 0.4) is 0 Å². The van der Waals surface area contributed by atoms with Crippen LogP contribution in [-0.4, -0.2) is 41.7 Å². The molecule has 1 unspecified atom stereocenters. The van der Waals surface area contributed by atoms with Crippen molar-refractivity contribution < 1.29 is 19.2 Å². The van der Waals surface area contributed by atoms with Crippen molar-refractivity contribution >= 4 is 35.1 Å². The van der Waals surface area contributed by atoms with E-state index in [1.54, 1.807) is 25.2 Å². The summed E-state index contributed by atoms with van der Waals surface area (Å²) < 4.78 is 0. The lowest BCUT2D eigenvalue weighted by Gasteiger charge is -2.29. The van der Waals surface area contributed by atoms with Crippen molar-refractivity contribution in [1.29, 1.82) is 0 Å². The number of amides is 5. The molecule has 9 nitrogen and oxygen atoms in total. The number of nitrogens with zero attached hydrogens (tertiary/aromatic N) is 1. The van der Waals surface area contributed by atoms with E-state index in [0.29, 0.717) is 24.2 Å². The Balaban J connectivity index is 1.39. The Morgan fingerprint density at radius 3 is 2.65 bits per heavy atom. The van der Waals surface area contributed by atoms with E-state index in [4.69, 9.17) is 0 Å². The molecule has 160 valence electrons. The second kappa shape index (κ2) is 8.47. The fraction of sp³-hybridized carbons (Fsp3) is 0.273. The van der Waals surface area contributed by atoms with Gasteiger partial charge in [-0.3, -0.25) is 19.7 Å². The van der Waals surface area contributed by atoms with Gasteiger partial charge in [0.05, 0.1) is 11.4 Å². The zero-order valence-corrected chi connectivity index (χ0v) is 17.0. The average molecular weight is 421 g/mol. The van der Waals surface area contributed by atoms with E-state index < -0.39 is 11.9 Å². The second-order valence-electron chi connectivity index (χ2n) is 7.49. The summed E-state index contributed by atoms with van der Waals surface area (Å²) in [5.74, 6) is -0.961. The maximum absolute atomic E-state index is 12.7. The molecular weight excluding hydrogens is 398 g/mol. The minimum absolute atomic E-state index is 0.217. The molecule has 2 heterocycles. The van der Waals surface area contributed by atoms with Crippen molar-refractivity contribution in [2.24, 2.45) is 0 Å². The summed E-state index contributed by atoms with van der Waals surface area (Å²) in [6.45, 7) is 0.587. The molecule has 4 N–H and O–H groups in total. The topological polar surface area (TPSA) is 120 Å². The molecule has 4 rings (SSSR count). The van der Waals surface area contributed by atoms with Crippen LogP contribution in [0, 0.1) is 0 Å². The van der Waals surface area contributed by atoms with Gasteiger partial charge in [-0.15, -0.1) is 0 Å². The quantitative estimate of drug-likeness (QED) is 0.549. The van der Waals surface area contributed by atoms with E-state index in [1.807, 2.05) is 24.3 Å². The third-order valence-corrected chi connectivity index (χ3v) is 5.49. The van der Waals surface area contributed by atoms with E-state index in [9.17, 15) is 19.2 Å². The molecule has 0 radical (unpaired) electrons. The highest BCUT2D eigenvalue weighted by atomic mass is 16.2. The number of rotatable bonds is 5. The van der Waals surface area contributed by atoms with Crippen molar-refractivity contribution in [2.45, 2.75) is 32.0 Å². The number of carbonyl (C=O) groups excluding carboxylic acids is 4. The molecular formula is C22H23N5O4. The number of anilines is 2. The maximum Gasteiger partial charge on any atom is 0.319 e. The third kappa shape index (κ3) is 4.20. The Morgan fingerprint density at radius 2 is 1.90 bits per heavy atom. The number of nitrogens with one attached hydrogen (secondary N) is 4. The van der Waals surface area contributed by atoms with Crippen molar-refractivity contribution in [1.82, 2.24) is 15.5 Å². The van der Waals surface area contributed by atoms with E-state index >= 15 is 0 Å². The Bertz CT molecular complexity index is 1070. The summed E-state index contributed by atoms with van der Waals surface area (Å²) in [6.07, 6.45) is 0.546. The third-order valence-electron chi connectivity index (χ3n) is 5.49. The van der Waals surface area contributed by atoms with Crippen LogP contribution in [0.15, 0.2) is 42.5 Å². The summed E-state index contributed by atoms with van der Waals surface area (Å²) >= 11 is 0. The van der Waals surface area contributed by atoms with Crippen LogP contribution in [0.2, 0.25) is 0 Å². The number of urea groups is 1. The van der Waals surface area contributed by atoms with Crippen molar-refractivity contribution in [3.8, 4) is 0 Å². The van der Waals surface area contributed by atoms with Crippen molar-refractivity contribution in [3.63, 3.8) is 0 Å². The summed E-state index contributed by atoms with van der Waals surface area (Å²) in [7, 11) is 1.78. The van der Waals surface area contributed by atoms with Crippen LogP contribution in [0.4, 0.5) is 16.2 Å². The number of benzene rings is 2. The van der Waals surface area contributed by atoms with Crippen LogP contribution in [0.25, 0.3) is 0 Å². The highest BCUT2D eigenvalue weighted by Gasteiger charge is 2.39. The number of hydrogen-bond acceptors (Lipinski definition) is 5. The second-order valence-corrected chi connectivity index (χ2v) is 7.49. The SMILES string of the molecule is CNc1ccccc1NC(=O)NCc1ccc2c(c1)CN(C1CCC(=O)NC1=O)C2=O. The van der Waals surface area contributed by atoms with Crippen LogP contribution in [0.1, 0.15) is 34.3 Å². The summed E-state index contributed by atoms with van der Waals surface area (Å²) in [4.78, 5) is 50.0. The first-order chi connectivity index (χ1) is 15.0. The summed E-state index contributed by atoms with van der Waals surface area (Å²) in [6, 6.07) is 11.8. The van der Waals surface area contributed by atoms with Gasteiger partial charge < -0.3 is 20.9 Å². The van der Waals surface area contributed by atoms with E-state index in [1.165, 1.54) is 4.90 Å². The smallest absolute Gasteiger partial charge is 0.319 e. The largest absolute Gasteiger partial charge is 0.386 e. The molecule has 1 saturated heterocycles. The van der Waals surface area contributed by atoms with E-state index in [2.05, 4.69) is 21.3 Å². The Labute approximate surface area is 179 Å². The van der Waals surface area contributed by atoms with Gasteiger partial charge in [-0.1, -0.05) is 24.3 Å². The number of piperidine rings is 1. The average Bonchev–Trinajstić information content (AvgIpc) is 3.08. The van der Waals surface area contributed by atoms with Crippen molar-refractivity contribution in [2.75, 3.05) is 17.7 Å². The van der Waals surface area contributed by atoms with Gasteiger partial charge >= 0.3 is 6.03 Å². The zero-order valence-electron chi connectivity index (χ0n) is 17.0. The highest BCUT2D eigenvalue weighted by Crippen LogP contribution is 2.28. The number of fused-ring (bicyclic) bond motifs is 1. The van der Waals surface area contributed by atoms with Gasteiger partial charge in [0.1, 0.15) is 6.04 Å². The Morgan fingerprint density at radius 1 is 1.13 bits per heavy atom. The summed E-state index contributed by atoms with van der Waals surface area (Å²) in [5, 5.41) is 10.9. The molecule has 2 aliphatic heterocycles. The Kier molecular flexibility index (Phi) is 5.57. The summed E-state index contributed by atoms with van der Waals surface area (Å²) in [5.41, 5.74) is 3.66. The molecule has 1 fully saturated rings. The molecule has 2 aliphatic rings. The lowest BCUT2D eigenvalue weighted by Crippen LogP contribution is -2.52. The first kappa shape index (κ1) is 20.4. The molecule has 0 bridgehead atoms. The lowest BCUT2D eigenvalue weighted by atomic mass is 10.0. The zero-order chi connectivity index (χ0) is 22.0. The molecule has 0 spiro atoms. The molecule has 2 aromatic carbocycles. The standard InChI is InChI=1S/C22H23N5O4/c1-23-16-4-2-3-5-17(16)25-22(31)24-11-13-6-7-15-14(10-13)12-27(21(15)30)18-8-9-19(28)26-20(18)29/h2-7,10,18,23H,8-9,11-12H2,1H3,(H2,24,25,31)(H,26,28,29). The molecule has 9 heteroatoms. The van der Waals surface area contributed by atoms with Crippen LogP contribution in [0.5, 0.6) is 0 Å². The van der Waals surface area contributed by atoms with Gasteiger partial charge in [0.25, 0.3) is 5.91 Å². The number of para-hydroxylation sites is 2. The molecule has 31 heavy (non-hydrogen) atoms. The van der Waals surface area contributed by atoms with Crippen LogP contribution < -0.4 is 21.3 Å². The molecule has 5 amide bonds. The van der Waals surface area contributed by atoms with E-state index in [-0.39, 0.29) is 30.8 Å². The monoisotopic (exact) mass is 421 g/mol. The molecule has 0 aliphatic carbocycles. The van der Waals surface area contributed by atoms with Gasteiger partial charge in [-0.2, -0.15) is 0 Å². The fourth-order valence-electron chi connectivity index (χ4n) is 3.90. The van der Waals surface area contributed by atoms with Gasteiger partial charge in [-0.05, 0) is 35.7 Å². The number of carbonyl (C=O) groups is 4. The van der Waals surface area contributed by atoms with Gasteiger partial charge in [0.15, 0.2) is 0 Å². The van der Waals surface area contributed by atoms with Gasteiger partial charge in [0, 0.05) is 32.1 Å². The van der Waals surface area contributed by atoms with Gasteiger partial charge in [0.2, 0.25) is 11.8 Å². The van der Waals surface area contributed by atoms with E-state index in [0.717, 1.165) is 16.8 Å². The minimum atomic E-state index is -0.641. The molecule has 0 aromatic heterocycles. The molecule has 0 saturated carbocycles. The van der Waals surface area contributed by atoms with Crippen LogP contribution in [-0.2, 0) is 22.7 Å². The lowest BCUT2D eigenvalue weighted by molar-refractivity contribution is -0.136. The predicted octanol–water partition coefficient (Wildman–Crippen LogP) is 1.81. The van der Waals surface area contributed by atoms with Crippen LogP contribution >= 0.6 is 0 Å². The van der Waals surface area contributed by atoms with Crippen molar-refractivity contribution in [3.05, 3.63) is 59.2 Å². The van der Waals surface area contributed by atoms with Gasteiger partial charge in [-0.25, -0.2) is 4.79 Å². The Hall–Kier alpha value is -3.88. The predicted molar refractivity (Wildman–Crippen MR) is 114 cm³/mol. The molecule has 1 atom stereocenters. The highest BCUT2D eigenvalue weighted by molar-refractivity contribution is 6.05. The fourth-order valence-corrected chi connectivity index (χ4v) is 3.90.